The van der Waals surface area contributed by atoms with E-state index in [2.05, 4.69) is 24.1 Å². The normalized spacial score (nSPS) is 29.4. The average molecular weight is 238 g/mol. The van der Waals surface area contributed by atoms with Gasteiger partial charge in [0.2, 0.25) is 0 Å². The Morgan fingerprint density at radius 1 is 1.35 bits per heavy atom. The Labute approximate surface area is 105 Å². The van der Waals surface area contributed by atoms with Crippen LogP contribution in [0, 0.1) is 5.92 Å². The highest BCUT2D eigenvalue weighted by molar-refractivity contribution is 5.86. The maximum Gasteiger partial charge on any atom is 0.152 e. The van der Waals surface area contributed by atoms with Crippen molar-refractivity contribution in [3.05, 3.63) is 0 Å². The van der Waals surface area contributed by atoms with E-state index in [1.54, 1.807) is 0 Å². The number of nitrogens with zero attached hydrogens (tertiary/aromatic N) is 1. The van der Waals surface area contributed by atoms with Crippen LogP contribution in [0.1, 0.15) is 46.0 Å². The summed E-state index contributed by atoms with van der Waals surface area (Å²) in [5.74, 6) is 0.728. The fourth-order valence-corrected chi connectivity index (χ4v) is 3.20. The van der Waals surface area contributed by atoms with Gasteiger partial charge in [-0.25, -0.2) is 0 Å². The van der Waals surface area contributed by atoms with Gasteiger partial charge in [0, 0.05) is 12.0 Å². The predicted octanol–water partition coefficient (Wildman–Crippen LogP) is 1.82. The number of carbonyl (C=O) groups is 1. The van der Waals surface area contributed by atoms with Crippen LogP contribution in [0.2, 0.25) is 0 Å². The van der Waals surface area contributed by atoms with Crippen LogP contribution in [0.5, 0.6) is 0 Å². The molecule has 0 aromatic carbocycles. The smallest absolute Gasteiger partial charge is 0.152 e. The van der Waals surface area contributed by atoms with E-state index in [1.165, 1.54) is 19.3 Å². The van der Waals surface area contributed by atoms with Crippen LogP contribution in [0.15, 0.2) is 0 Å². The fraction of sp³-hybridized carbons (Fsp3) is 0.929. The molecule has 2 heterocycles. The van der Waals surface area contributed by atoms with Gasteiger partial charge in [-0.15, -0.1) is 0 Å². The minimum Gasteiger partial charge on any atom is -0.317 e. The Kier molecular flexibility index (Phi) is 4.57. The summed E-state index contributed by atoms with van der Waals surface area (Å²) in [5.41, 5.74) is 0. The largest absolute Gasteiger partial charge is 0.317 e. The van der Waals surface area contributed by atoms with Gasteiger partial charge in [0.15, 0.2) is 5.78 Å². The molecule has 3 nitrogen and oxygen atoms in total. The van der Waals surface area contributed by atoms with Gasteiger partial charge in [-0.1, -0.05) is 13.8 Å². The van der Waals surface area contributed by atoms with Crippen molar-refractivity contribution >= 4 is 5.78 Å². The summed E-state index contributed by atoms with van der Waals surface area (Å²) in [7, 11) is 0. The zero-order valence-corrected chi connectivity index (χ0v) is 11.2. The summed E-state index contributed by atoms with van der Waals surface area (Å²) in [6.45, 7) is 7.57. The van der Waals surface area contributed by atoms with Crippen molar-refractivity contribution in [2.45, 2.75) is 58.0 Å². The standard InChI is InChI=1S/C14H26N2O/c1-3-11(2)14(17)13-5-4-10-16(13)12-6-8-15-9-7-12/h11-13,15H,3-10H2,1-2H3. The van der Waals surface area contributed by atoms with Crippen molar-refractivity contribution in [3.8, 4) is 0 Å². The Morgan fingerprint density at radius 2 is 2.06 bits per heavy atom. The highest BCUT2D eigenvalue weighted by atomic mass is 16.1. The van der Waals surface area contributed by atoms with Crippen molar-refractivity contribution < 1.29 is 4.79 Å². The zero-order chi connectivity index (χ0) is 12.3. The maximum absolute atomic E-state index is 12.4. The van der Waals surface area contributed by atoms with Crippen molar-refractivity contribution in [3.63, 3.8) is 0 Å². The number of hydrogen-bond acceptors (Lipinski definition) is 3. The van der Waals surface area contributed by atoms with E-state index in [-0.39, 0.29) is 12.0 Å². The molecule has 2 atom stereocenters. The molecule has 0 radical (unpaired) electrons. The highest BCUT2D eigenvalue weighted by Gasteiger charge is 2.36. The van der Waals surface area contributed by atoms with Crippen molar-refractivity contribution in [2.24, 2.45) is 5.92 Å². The maximum atomic E-state index is 12.4. The number of Topliss-reactive ketones (excluding diaryl/α,β-unsaturated/α-hetero) is 1. The molecular formula is C14H26N2O. The summed E-state index contributed by atoms with van der Waals surface area (Å²) in [4.78, 5) is 14.9. The lowest BCUT2D eigenvalue weighted by atomic mass is 9.94. The molecule has 3 heteroatoms. The summed E-state index contributed by atoms with van der Waals surface area (Å²) < 4.78 is 0. The van der Waals surface area contributed by atoms with Crippen LogP contribution in [0.4, 0.5) is 0 Å². The second kappa shape index (κ2) is 5.96. The van der Waals surface area contributed by atoms with Crippen molar-refractivity contribution in [2.75, 3.05) is 19.6 Å². The summed E-state index contributed by atoms with van der Waals surface area (Å²) in [6.07, 6.45) is 5.70. The Bertz CT molecular complexity index is 261. The third-order valence-electron chi connectivity index (χ3n) is 4.50. The molecule has 2 aliphatic heterocycles. The van der Waals surface area contributed by atoms with Gasteiger partial charge in [-0.05, 0) is 51.7 Å². The fourth-order valence-electron chi connectivity index (χ4n) is 3.20. The van der Waals surface area contributed by atoms with E-state index in [0.29, 0.717) is 11.8 Å². The quantitative estimate of drug-likeness (QED) is 0.811. The summed E-state index contributed by atoms with van der Waals surface area (Å²) in [5, 5.41) is 3.40. The number of rotatable bonds is 4. The lowest BCUT2D eigenvalue weighted by Gasteiger charge is -2.35. The number of nitrogens with one attached hydrogen (secondary N) is 1. The van der Waals surface area contributed by atoms with Gasteiger partial charge in [0.05, 0.1) is 6.04 Å². The van der Waals surface area contributed by atoms with E-state index in [0.717, 1.165) is 32.5 Å². The van der Waals surface area contributed by atoms with E-state index in [4.69, 9.17) is 0 Å². The number of ketones is 1. The zero-order valence-electron chi connectivity index (χ0n) is 11.2. The summed E-state index contributed by atoms with van der Waals surface area (Å²) in [6, 6.07) is 0.879. The molecular weight excluding hydrogens is 212 g/mol. The molecule has 2 rings (SSSR count). The molecule has 2 aliphatic rings. The van der Waals surface area contributed by atoms with Crippen LogP contribution in [0.25, 0.3) is 0 Å². The van der Waals surface area contributed by atoms with Crippen molar-refractivity contribution in [1.82, 2.24) is 10.2 Å². The molecule has 2 unspecified atom stereocenters. The van der Waals surface area contributed by atoms with Crippen LogP contribution >= 0.6 is 0 Å². The Morgan fingerprint density at radius 3 is 2.71 bits per heavy atom. The van der Waals surface area contributed by atoms with Gasteiger partial charge in [0.1, 0.15) is 0 Å². The first-order valence-electron chi connectivity index (χ1n) is 7.24. The molecule has 1 N–H and O–H groups in total. The van der Waals surface area contributed by atoms with Gasteiger partial charge in [0.25, 0.3) is 0 Å². The van der Waals surface area contributed by atoms with Crippen LogP contribution < -0.4 is 5.32 Å². The lowest BCUT2D eigenvalue weighted by molar-refractivity contribution is -0.127. The lowest BCUT2D eigenvalue weighted by Crippen LogP contribution is -2.48. The van der Waals surface area contributed by atoms with Crippen molar-refractivity contribution in [1.29, 1.82) is 0 Å². The highest BCUT2D eigenvalue weighted by Crippen LogP contribution is 2.27. The Hall–Kier alpha value is -0.410. The number of piperidine rings is 1. The number of likely N-dealkylation sites (tertiary alicyclic amines) is 1. The molecule has 2 fully saturated rings. The predicted molar refractivity (Wildman–Crippen MR) is 70.1 cm³/mol. The first kappa shape index (κ1) is 13.0. The van der Waals surface area contributed by atoms with Gasteiger partial charge >= 0.3 is 0 Å². The molecule has 2 saturated heterocycles. The van der Waals surface area contributed by atoms with E-state index >= 15 is 0 Å². The minimum atomic E-state index is 0.230. The minimum absolute atomic E-state index is 0.230. The second-order valence-electron chi connectivity index (χ2n) is 5.59. The van der Waals surface area contributed by atoms with E-state index in [9.17, 15) is 4.79 Å². The summed E-state index contributed by atoms with van der Waals surface area (Å²) >= 11 is 0. The molecule has 0 bridgehead atoms. The molecule has 17 heavy (non-hydrogen) atoms. The molecule has 0 saturated carbocycles. The first-order chi connectivity index (χ1) is 8.24. The van der Waals surface area contributed by atoms with Gasteiger partial charge in [-0.3, -0.25) is 9.69 Å². The SMILES string of the molecule is CCC(C)C(=O)C1CCCN1C1CCNCC1. The third-order valence-corrected chi connectivity index (χ3v) is 4.50. The van der Waals surface area contributed by atoms with Crippen LogP contribution in [0.3, 0.4) is 0 Å². The average Bonchev–Trinajstić information content (AvgIpc) is 2.87. The Balaban J connectivity index is 1.98. The molecule has 98 valence electrons. The third kappa shape index (κ3) is 2.89. The van der Waals surface area contributed by atoms with Crippen LogP contribution in [-0.2, 0) is 4.79 Å². The molecule has 0 aromatic rings. The first-order valence-corrected chi connectivity index (χ1v) is 7.24. The van der Waals surface area contributed by atoms with Gasteiger partial charge < -0.3 is 5.32 Å². The molecule has 0 spiro atoms. The number of hydrogen-bond donors (Lipinski definition) is 1. The monoisotopic (exact) mass is 238 g/mol. The molecule has 0 aliphatic carbocycles. The topological polar surface area (TPSA) is 32.3 Å². The van der Waals surface area contributed by atoms with Crippen LogP contribution in [-0.4, -0.2) is 42.4 Å². The molecule has 0 aromatic heterocycles. The van der Waals surface area contributed by atoms with Gasteiger partial charge in [-0.2, -0.15) is 0 Å². The number of carbonyl (C=O) groups excluding carboxylic acids is 1. The molecule has 0 amide bonds. The van der Waals surface area contributed by atoms with E-state index < -0.39 is 0 Å². The van der Waals surface area contributed by atoms with E-state index in [1.807, 2.05) is 0 Å². The second-order valence-corrected chi connectivity index (χ2v) is 5.59.